The molecular formula is C19H19BrN2O3. The molecule has 0 aliphatic carbocycles. The lowest BCUT2D eigenvalue weighted by atomic mass is 10.1. The van der Waals surface area contributed by atoms with Gasteiger partial charge in [0.15, 0.2) is 0 Å². The van der Waals surface area contributed by atoms with Crippen molar-refractivity contribution in [3.05, 3.63) is 52.0 Å². The Kier molecular flexibility index (Phi) is 5.08. The van der Waals surface area contributed by atoms with Gasteiger partial charge in [-0.15, -0.1) is 0 Å². The van der Waals surface area contributed by atoms with E-state index in [0.29, 0.717) is 24.4 Å². The van der Waals surface area contributed by atoms with E-state index in [0.717, 1.165) is 27.9 Å². The van der Waals surface area contributed by atoms with Gasteiger partial charge in [0.25, 0.3) is 5.91 Å². The summed E-state index contributed by atoms with van der Waals surface area (Å²) >= 11 is 3.46. The Morgan fingerprint density at radius 2 is 1.96 bits per heavy atom. The van der Waals surface area contributed by atoms with Gasteiger partial charge in [-0.1, -0.05) is 15.9 Å². The van der Waals surface area contributed by atoms with Crippen molar-refractivity contribution in [1.29, 1.82) is 0 Å². The summed E-state index contributed by atoms with van der Waals surface area (Å²) in [5.41, 5.74) is 3.05. The molecule has 1 heterocycles. The van der Waals surface area contributed by atoms with E-state index < -0.39 is 0 Å². The number of halogens is 1. The summed E-state index contributed by atoms with van der Waals surface area (Å²) in [5, 5.41) is 2.83. The smallest absolute Gasteiger partial charge is 0.258 e. The summed E-state index contributed by atoms with van der Waals surface area (Å²) < 4.78 is 6.30. The minimum atomic E-state index is -0.166. The molecule has 1 aliphatic rings. The molecule has 2 amide bonds. The first-order valence-corrected chi connectivity index (χ1v) is 8.93. The minimum absolute atomic E-state index is 0.0873. The van der Waals surface area contributed by atoms with Crippen LogP contribution in [0.25, 0.3) is 0 Å². The predicted molar refractivity (Wildman–Crippen MR) is 101 cm³/mol. The number of rotatable bonds is 4. The van der Waals surface area contributed by atoms with Crippen LogP contribution in [0, 0.1) is 0 Å². The second-order valence-electron chi connectivity index (χ2n) is 5.81. The molecule has 0 radical (unpaired) electrons. The monoisotopic (exact) mass is 402 g/mol. The lowest BCUT2D eigenvalue weighted by molar-refractivity contribution is -0.114. The normalized spacial score (nSPS) is 12.7. The zero-order valence-corrected chi connectivity index (χ0v) is 15.7. The molecule has 0 unspecified atom stereocenters. The van der Waals surface area contributed by atoms with E-state index in [-0.39, 0.29) is 11.8 Å². The fourth-order valence-corrected chi connectivity index (χ4v) is 3.52. The molecule has 5 nitrogen and oxygen atoms in total. The van der Waals surface area contributed by atoms with Gasteiger partial charge in [0.05, 0.1) is 18.0 Å². The van der Waals surface area contributed by atoms with Gasteiger partial charge < -0.3 is 15.0 Å². The highest BCUT2D eigenvalue weighted by Crippen LogP contribution is 2.39. The van der Waals surface area contributed by atoms with E-state index in [2.05, 4.69) is 21.2 Å². The molecule has 1 aliphatic heterocycles. The molecule has 2 aromatic rings. The quantitative estimate of drug-likeness (QED) is 0.840. The maximum absolute atomic E-state index is 13.0. The third-order valence-corrected chi connectivity index (χ3v) is 4.45. The Morgan fingerprint density at radius 1 is 1.24 bits per heavy atom. The molecular weight excluding hydrogens is 384 g/mol. The van der Waals surface area contributed by atoms with Crippen molar-refractivity contribution in [2.24, 2.45) is 0 Å². The third-order valence-electron chi connectivity index (χ3n) is 4.00. The van der Waals surface area contributed by atoms with Crippen LogP contribution in [0.5, 0.6) is 5.75 Å². The van der Waals surface area contributed by atoms with Crippen LogP contribution in [-0.2, 0) is 11.2 Å². The highest BCUT2D eigenvalue weighted by Gasteiger charge is 2.29. The van der Waals surface area contributed by atoms with Crippen LogP contribution in [0.2, 0.25) is 0 Å². The third kappa shape index (κ3) is 3.69. The molecule has 25 heavy (non-hydrogen) atoms. The fourth-order valence-electron chi connectivity index (χ4n) is 3.01. The van der Waals surface area contributed by atoms with E-state index in [1.807, 2.05) is 19.1 Å². The van der Waals surface area contributed by atoms with Gasteiger partial charge in [-0.2, -0.15) is 0 Å². The Morgan fingerprint density at radius 3 is 2.60 bits per heavy atom. The van der Waals surface area contributed by atoms with Crippen molar-refractivity contribution in [2.45, 2.75) is 20.3 Å². The number of hydrogen-bond donors (Lipinski definition) is 1. The van der Waals surface area contributed by atoms with E-state index in [1.54, 1.807) is 29.2 Å². The molecule has 0 spiro atoms. The van der Waals surface area contributed by atoms with E-state index in [1.165, 1.54) is 6.92 Å². The number of carbonyl (C=O) groups is 2. The Hall–Kier alpha value is -2.34. The van der Waals surface area contributed by atoms with Gasteiger partial charge in [0.2, 0.25) is 5.91 Å². The van der Waals surface area contributed by atoms with E-state index >= 15 is 0 Å². The molecule has 130 valence electrons. The molecule has 0 bridgehead atoms. The van der Waals surface area contributed by atoms with Crippen LogP contribution >= 0.6 is 15.9 Å². The number of amides is 2. The lowest BCUT2D eigenvalue weighted by Crippen LogP contribution is -2.29. The summed E-state index contributed by atoms with van der Waals surface area (Å²) in [4.78, 5) is 26.2. The fraction of sp³-hybridized carbons (Fsp3) is 0.263. The second-order valence-corrected chi connectivity index (χ2v) is 6.72. The summed E-state index contributed by atoms with van der Waals surface area (Å²) in [6.45, 7) is 4.55. The number of carbonyl (C=O) groups excluding carboxylic acids is 2. The van der Waals surface area contributed by atoms with E-state index in [9.17, 15) is 9.59 Å². The van der Waals surface area contributed by atoms with E-state index in [4.69, 9.17) is 4.74 Å². The van der Waals surface area contributed by atoms with Crippen molar-refractivity contribution in [1.82, 2.24) is 0 Å². The summed E-state index contributed by atoms with van der Waals surface area (Å²) in [5.74, 6) is 0.486. The number of ether oxygens (including phenoxy) is 1. The van der Waals surface area contributed by atoms with Gasteiger partial charge in [-0.3, -0.25) is 9.59 Å². The molecule has 2 aromatic carbocycles. The summed E-state index contributed by atoms with van der Waals surface area (Å²) in [6, 6.07) is 10.9. The van der Waals surface area contributed by atoms with Crippen LogP contribution in [-0.4, -0.2) is 25.0 Å². The van der Waals surface area contributed by atoms with Gasteiger partial charge >= 0.3 is 0 Å². The molecule has 6 heteroatoms. The van der Waals surface area contributed by atoms with Crippen molar-refractivity contribution in [3.8, 4) is 5.75 Å². The number of nitrogens with zero attached hydrogens (tertiary/aromatic N) is 1. The van der Waals surface area contributed by atoms with Crippen molar-refractivity contribution < 1.29 is 14.3 Å². The molecule has 3 rings (SSSR count). The van der Waals surface area contributed by atoms with Crippen LogP contribution < -0.4 is 15.0 Å². The van der Waals surface area contributed by atoms with Gasteiger partial charge in [0.1, 0.15) is 5.75 Å². The van der Waals surface area contributed by atoms with Gasteiger partial charge in [-0.05, 0) is 55.3 Å². The molecule has 0 aromatic heterocycles. The SMILES string of the molecule is CCOc1ccc(C(=O)N2CCc3cc(Br)cc(NC(C)=O)c32)cc1. The maximum atomic E-state index is 13.0. The second kappa shape index (κ2) is 7.27. The van der Waals surface area contributed by atoms with Crippen molar-refractivity contribution >= 4 is 39.1 Å². The number of nitrogens with one attached hydrogen (secondary N) is 1. The Balaban J connectivity index is 1.93. The topological polar surface area (TPSA) is 58.6 Å². The highest BCUT2D eigenvalue weighted by molar-refractivity contribution is 9.10. The minimum Gasteiger partial charge on any atom is -0.494 e. The van der Waals surface area contributed by atoms with Crippen LogP contribution in [0.4, 0.5) is 11.4 Å². The molecule has 1 N–H and O–H groups in total. The zero-order chi connectivity index (χ0) is 18.0. The number of anilines is 2. The highest BCUT2D eigenvalue weighted by atomic mass is 79.9. The summed E-state index contributed by atoms with van der Waals surface area (Å²) in [7, 11) is 0. The van der Waals surface area contributed by atoms with Crippen LogP contribution in [0.1, 0.15) is 29.8 Å². The summed E-state index contributed by atoms with van der Waals surface area (Å²) in [6.07, 6.45) is 0.754. The first-order valence-electron chi connectivity index (χ1n) is 8.14. The lowest BCUT2D eigenvalue weighted by Gasteiger charge is -2.21. The van der Waals surface area contributed by atoms with Crippen molar-refractivity contribution in [3.63, 3.8) is 0 Å². The Labute approximate surface area is 155 Å². The zero-order valence-electron chi connectivity index (χ0n) is 14.1. The Bertz CT molecular complexity index is 818. The average Bonchev–Trinajstić information content (AvgIpc) is 2.98. The largest absolute Gasteiger partial charge is 0.494 e. The number of benzene rings is 2. The molecule has 0 fully saturated rings. The maximum Gasteiger partial charge on any atom is 0.258 e. The first kappa shape index (κ1) is 17.5. The number of hydrogen-bond acceptors (Lipinski definition) is 3. The van der Waals surface area contributed by atoms with Gasteiger partial charge in [0, 0.05) is 23.5 Å². The van der Waals surface area contributed by atoms with Crippen LogP contribution in [0.15, 0.2) is 40.9 Å². The molecule has 0 saturated heterocycles. The standard InChI is InChI=1S/C19H19BrN2O3/c1-3-25-16-6-4-13(5-7-16)19(24)22-9-8-14-10-15(20)11-17(18(14)22)21-12(2)23/h4-7,10-11H,3,8-9H2,1-2H3,(H,21,23). The predicted octanol–water partition coefficient (Wildman–Crippen LogP) is 4.01. The first-order chi connectivity index (χ1) is 12.0. The molecule has 0 atom stereocenters. The average molecular weight is 403 g/mol. The van der Waals surface area contributed by atoms with Gasteiger partial charge in [-0.25, -0.2) is 0 Å². The molecule has 0 saturated carbocycles. The van der Waals surface area contributed by atoms with Crippen molar-refractivity contribution in [2.75, 3.05) is 23.4 Å². The number of fused-ring (bicyclic) bond motifs is 1. The van der Waals surface area contributed by atoms with Crippen LogP contribution in [0.3, 0.4) is 0 Å².